The molecular formula is C15H21NO2. The van der Waals surface area contributed by atoms with E-state index in [1.165, 1.54) is 18.2 Å². The van der Waals surface area contributed by atoms with Crippen LogP contribution in [0, 0.1) is 13.8 Å². The number of methoxy groups -OCH3 is 1. The van der Waals surface area contributed by atoms with Crippen LogP contribution in [0.15, 0.2) is 29.8 Å². The van der Waals surface area contributed by atoms with E-state index in [1.54, 1.807) is 0 Å². The quantitative estimate of drug-likeness (QED) is 0.641. The van der Waals surface area contributed by atoms with E-state index in [0.29, 0.717) is 18.5 Å². The Labute approximate surface area is 109 Å². The van der Waals surface area contributed by atoms with E-state index in [9.17, 15) is 4.79 Å². The molecule has 0 bridgehead atoms. The molecule has 18 heavy (non-hydrogen) atoms. The van der Waals surface area contributed by atoms with Crippen molar-refractivity contribution in [2.24, 2.45) is 0 Å². The zero-order valence-corrected chi connectivity index (χ0v) is 11.5. The van der Waals surface area contributed by atoms with E-state index in [0.717, 1.165) is 5.69 Å². The molecular weight excluding hydrogens is 226 g/mol. The number of anilines is 1. The zero-order chi connectivity index (χ0) is 13.5. The van der Waals surface area contributed by atoms with Crippen LogP contribution >= 0.6 is 0 Å². The molecule has 0 saturated heterocycles. The molecule has 3 heteroatoms. The minimum atomic E-state index is -0.250. The molecule has 1 aromatic carbocycles. The average molecular weight is 247 g/mol. The lowest BCUT2D eigenvalue weighted by Crippen LogP contribution is -2.07. The Bertz CT molecular complexity index is 450. The number of hydrogen-bond donors (Lipinski definition) is 1. The number of benzene rings is 1. The van der Waals surface area contributed by atoms with Gasteiger partial charge in [-0.1, -0.05) is 25.1 Å². The number of carbonyl (C=O) groups excluding carboxylic acids is 1. The smallest absolute Gasteiger partial charge is 0.333 e. The average Bonchev–Trinajstić information content (AvgIpc) is 2.37. The molecule has 0 radical (unpaired) electrons. The molecule has 0 aliphatic heterocycles. The molecule has 0 heterocycles. The van der Waals surface area contributed by atoms with E-state index < -0.39 is 0 Å². The van der Waals surface area contributed by atoms with Gasteiger partial charge in [-0.2, -0.15) is 0 Å². The van der Waals surface area contributed by atoms with Crippen LogP contribution in [0.25, 0.3) is 0 Å². The highest BCUT2D eigenvalue weighted by molar-refractivity contribution is 5.88. The lowest BCUT2D eigenvalue weighted by molar-refractivity contribution is -0.136. The van der Waals surface area contributed by atoms with Crippen molar-refractivity contribution in [3.8, 4) is 0 Å². The monoisotopic (exact) mass is 247 g/mol. The normalized spacial score (nSPS) is 11.2. The molecule has 0 aromatic heterocycles. The van der Waals surface area contributed by atoms with Crippen LogP contribution in [-0.4, -0.2) is 19.6 Å². The third kappa shape index (κ3) is 3.91. The molecule has 0 aliphatic carbocycles. The van der Waals surface area contributed by atoms with Gasteiger partial charge in [0, 0.05) is 17.8 Å². The van der Waals surface area contributed by atoms with Crippen molar-refractivity contribution in [2.75, 3.05) is 19.0 Å². The summed E-state index contributed by atoms with van der Waals surface area (Å²) in [5, 5.41) is 3.31. The van der Waals surface area contributed by atoms with E-state index in [2.05, 4.69) is 37.4 Å². The number of nitrogens with one attached hydrogen (secondary N) is 1. The van der Waals surface area contributed by atoms with Gasteiger partial charge >= 0.3 is 5.97 Å². The highest BCUT2D eigenvalue weighted by atomic mass is 16.5. The van der Waals surface area contributed by atoms with E-state index >= 15 is 0 Å². The minimum absolute atomic E-state index is 0.250. The number of carbonyl (C=O) groups is 1. The van der Waals surface area contributed by atoms with Crippen LogP contribution in [0.2, 0.25) is 0 Å². The first-order valence-electron chi connectivity index (χ1n) is 6.17. The van der Waals surface area contributed by atoms with Gasteiger partial charge in [-0.25, -0.2) is 4.79 Å². The maximum Gasteiger partial charge on any atom is 0.333 e. The van der Waals surface area contributed by atoms with Crippen molar-refractivity contribution in [3.63, 3.8) is 0 Å². The maximum absolute atomic E-state index is 11.4. The minimum Gasteiger partial charge on any atom is -0.466 e. The summed E-state index contributed by atoms with van der Waals surface area (Å²) in [6.45, 7) is 6.70. The molecule has 1 N–H and O–H groups in total. The summed E-state index contributed by atoms with van der Waals surface area (Å²) in [6.07, 6.45) is 2.56. The van der Waals surface area contributed by atoms with Gasteiger partial charge in [-0.15, -0.1) is 0 Å². The number of rotatable bonds is 5. The first-order valence-corrected chi connectivity index (χ1v) is 6.17. The van der Waals surface area contributed by atoms with Gasteiger partial charge < -0.3 is 10.1 Å². The SMILES string of the molecule is CC/C(=C/CNc1cc(C)ccc1C)C(=O)OC. The van der Waals surface area contributed by atoms with Crippen molar-refractivity contribution >= 4 is 11.7 Å². The van der Waals surface area contributed by atoms with Gasteiger partial charge in [0.25, 0.3) is 0 Å². The number of hydrogen-bond acceptors (Lipinski definition) is 3. The van der Waals surface area contributed by atoms with Crippen molar-refractivity contribution in [3.05, 3.63) is 41.0 Å². The first kappa shape index (κ1) is 14.3. The Morgan fingerprint density at radius 3 is 2.72 bits per heavy atom. The molecule has 0 fully saturated rings. The molecule has 0 spiro atoms. The molecule has 3 nitrogen and oxygen atoms in total. The second kappa shape index (κ2) is 6.84. The summed E-state index contributed by atoms with van der Waals surface area (Å²) in [6, 6.07) is 6.28. The Kier molecular flexibility index (Phi) is 5.43. The topological polar surface area (TPSA) is 38.3 Å². The third-order valence-electron chi connectivity index (χ3n) is 2.86. The molecule has 0 unspecified atom stereocenters. The lowest BCUT2D eigenvalue weighted by Gasteiger charge is -2.09. The van der Waals surface area contributed by atoms with Crippen molar-refractivity contribution in [1.82, 2.24) is 0 Å². The summed E-state index contributed by atoms with van der Waals surface area (Å²) < 4.78 is 4.71. The molecule has 0 saturated carbocycles. The van der Waals surface area contributed by atoms with Crippen molar-refractivity contribution in [1.29, 1.82) is 0 Å². The molecule has 1 aromatic rings. The largest absolute Gasteiger partial charge is 0.466 e. The Balaban J connectivity index is 2.67. The second-order valence-electron chi connectivity index (χ2n) is 4.27. The Morgan fingerprint density at radius 2 is 2.11 bits per heavy atom. The fourth-order valence-corrected chi connectivity index (χ4v) is 1.71. The Hall–Kier alpha value is -1.77. The third-order valence-corrected chi connectivity index (χ3v) is 2.86. The highest BCUT2D eigenvalue weighted by Crippen LogP contribution is 2.16. The number of esters is 1. The van der Waals surface area contributed by atoms with E-state index in [-0.39, 0.29) is 5.97 Å². The molecule has 0 amide bonds. The Morgan fingerprint density at radius 1 is 1.39 bits per heavy atom. The molecule has 0 atom stereocenters. The van der Waals surface area contributed by atoms with Gasteiger partial charge in [0.05, 0.1) is 7.11 Å². The van der Waals surface area contributed by atoms with Crippen LogP contribution in [0.4, 0.5) is 5.69 Å². The van der Waals surface area contributed by atoms with Crippen LogP contribution in [0.3, 0.4) is 0 Å². The van der Waals surface area contributed by atoms with Crippen molar-refractivity contribution < 1.29 is 9.53 Å². The molecule has 1 rings (SSSR count). The van der Waals surface area contributed by atoms with Gasteiger partial charge in [0.2, 0.25) is 0 Å². The summed E-state index contributed by atoms with van der Waals surface area (Å²) in [4.78, 5) is 11.4. The summed E-state index contributed by atoms with van der Waals surface area (Å²) in [5.41, 5.74) is 4.22. The first-order chi connectivity index (χ1) is 8.58. The van der Waals surface area contributed by atoms with Gasteiger partial charge in [-0.05, 0) is 37.5 Å². The van der Waals surface area contributed by atoms with Crippen LogP contribution in [0.5, 0.6) is 0 Å². The fraction of sp³-hybridized carbons (Fsp3) is 0.400. The van der Waals surface area contributed by atoms with E-state index in [4.69, 9.17) is 4.74 Å². The summed E-state index contributed by atoms with van der Waals surface area (Å²) in [7, 11) is 1.41. The fourth-order valence-electron chi connectivity index (χ4n) is 1.71. The van der Waals surface area contributed by atoms with Crippen LogP contribution in [0.1, 0.15) is 24.5 Å². The maximum atomic E-state index is 11.4. The predicted molar refractivity (Wildman–Crippen MR) is 74.8 cm³/mol. The standard InChI is InChI=1S/C15H21NO2/c1-5-13(15(17)18-4)8-9-16-14-10-11(2)6-7-12(14)3/h6-8,10,16H,5,9H2,1-4H3/b13-8-. The van der Waals surface area contributed by atoms with Crippen molar-refractivity contribution in [2.45, 2.75) is 27.2 Å². The van der Waals surface area contributed by atoms with Crippen LogP contribution in [-0.2, 0) is 9.53 Å². The molecule has 0 aliphatic rings. The summed E-state index contributed by atoms with van der Waals surface area (Å²) >= 11 is 0. The number of ether oxygens (including phenoxy) is 1. The summed E-state index contributed by atoms with van der Waals surface area (Å²) in [5.74, 6) is -0.250. The van der Waals surface area contributed by atoms with Gasteiger partial charge in [0.15, 0.2) is 0 Å². The predicted octanol–water partition coefficient (Wildman–Crippen LogP) is 3.22. The van der Waals surface area contributed by atoms with E-state index in [1.807, 2.05) is 13.0 Å². The molecule has 98 valence electrons. The highest BCUT2D eigenvalue weighted by Gasteiger charge is 2.05. The number of aryl methyl sites for hydroxylation is 2. The second-order valence-corrected chi connectivity index (χ2v) is 4.27. The lowest BCUT2D eigenvalue weighted by atomic mass is 10.1. The zero-order valence-electron chi connectivity index (χ0n) is 11.5. The van der Waals surface area contributed by atoms with Gasteiger partial charge in [-0.3, -0.25) is 0 Å². The van der Waals surface area contributed by atoms with Crippen LogP contribution < -0.4 is 5.32 Å². The van der Waals surface area contributed by atoms with Gasteiger partial charge in [0.1, 0.15) is 0 Å².